The van der Waals surface area contributed by atoms with Crippen LogP contribution in [-0.2, 0) is 13.0 Å². The summed E-state index contributed by atoms with van der Waals surface area (Å²) in [5.41, 5.74) is 2.30. The van der Waals surface area contributed by atoms with Gasteiger partial charge in [-0.1, -0.05) is 12.1 Å². The van der Waals surface area contributed by atoms with Crippen LogP contribution in [0, 0.1) is 5.82 Å². The highest BCUT2D eigenvalue weighted by Crippen LogP contribution is 2.15. The molecule has 3 rings (SSSR count). The minimum atomic E-state index is -0.297. The molecule has 148 valence electrons. The van der Waals surface area contributed by atoms with Crippen LogP contribution in [0.5, 0.6) is 0 Å². The van der Waals surface area contributed by atoms with Gasteiger partial charge in [0, 0.05) is 43.8 Å². The van der Waals surface area contributed by atoms with Gasteiger partial charge in [-0.3, -0.25) is 4.98 Å². The van der Waals surface area contributed by atoms with Crippen molar-refractivity contribution in [3.63, 3.8) is 0 Å². The van der Waals surface area contributed by atoms with Crippen molar-refractivity contribution in [1.29, 1.82) is 0 Å². The zero-order valence-electron chi connectivity index (χ0n) is 15.7. The quantitative estimate of drug-likeness (QED) is 0.301. The van der Waals surface area contributed by atoms with Gasteiger partial charge < -0.3 is 15.2 Å². The minimum absolute atomic E-state index is 0. The van der Waals surface area contributed by atoms with Crippen LogP contribution in [0.1, 0.15) is 18.2 Å². The molecule has 1 aromatic carbocycles. The summed E-state index contributed by atoms with van der Waals surface area (Å²) >= 11 is 0. The lowest BCUT2D eigenvalue weighted by molar-refractivity contribution is 0.615. The molecule has 3 aromatic rings. The third kappa shape index (κ3) is 6.29. The van der Waals surface area contributed by atoms with Crippen molar-refractivity contribution in [2.24, 2.45) is 4.99 Å². The van der Waals surface area contributed by atoms with Crippen molar-refractivity contribution in [3.8, 4) is 5.69 Å². The topological polar surface area (TPSA) is 67.1 Å². The Morgan fingerprint density at radius 3 is 2.75 bits per heavy atom. The van der Waals surface area contributed by atoms with E-state index >= 15 is 0 Å². The lowest BCUT2D eigenvalue weighted by Gasteiger charge is -2.11. The number of aromatic nitrogens is 3. The van der Waals surface area contributed by atoms with Crippen LogP contribution in [0.3, 0.4) is 0 Å². The highest BCUT2D eigenvalue weighted by molar-refractivity contribution is 14.0. The lowest BCUT2D eigenvalue weighted by Crippen LogP contribution is -2.38. The van der Waals surface area contributed by atoms with E-state index in [0.29, 0.717) is 18.2 Å². The van der Waals surface area contributed by atoms with Crippen LogP contribution in [-0.4, -0.2) is 33.6 Å². The number of imidazole rings is 1. The van der Waals surface area contributed by atoms with E-state index in [1.54, 1.807) is 35.6 Å². The van der Waals surface area contributed by atoms with Crippen molar-refractivity contribution in [3.05, 3.63) is 78.4 Å². The molecule has 0 spiro atoms. The SMILES string of the molecule is CCNC(=NCc1ccc(-n2ccnc2)c(F)c1)NCCc1ccccn1.I. The molecular weight excluding hydrogens is 470 g/mol. The predicted octanol–water partition coefficient (Wildman–Crippen LogP) is 3.32. The number of halogens is 2. The molecule has 28 heavy (non-hydrogen) atoms. The smallest absolute Gasteiger partial charge is 0.191 e. The largest absolute Gasteiger partial charge is 0.357 e. The molecule has 0 unspecified atom stereocenters. The second kappa shape index (κ2) is 11.4. The summed E-state index contributed by atoms with van der Waals surface area (Å²) in [6, 6.07) is 11.0. The monoisotopic (exact) mass is 494 g/mol. The number of hydrogen-bond donors (Lipinski definition) is 2. The van der Waals surface area contributed by atoms with Gasteiger partial charge in [0.05, 0.1) is 18.6 Å². The highest BCUT2D eigenvalue weighted by Gasteiger charge is 2.06. The van der Waals surface area contributed by atoms with Gasteiger partial charge in [-0.25, -0.2) is 14.4 Å². The second-order valence-electron chi connectivity index (χ2n) is 5.95. The molecule has 2 aromatic heterocycles. The van der Waals surface area contributed by atoms with Crippen molar-refractivity contribution in [2.45, 2.75) is 19.9 Å². The molecular formula is C20H24FIN6. The lowest BCUT2D eigenvalue weighted by atomic mass is 10.2. The number of nitrogens with zero attached hydrogens (tertiary/aromatic N) is 4. The number of pyridine rings is 1. The van der Waals surface area contributed by atoms with Crippen molar-refractivity contribution in [2.75, 3.05) is 13.1 Å². The molecule has 0 amide bonds. The maximum Gasteiger partial charge on any atom is 0.191 e. The van der Waals surface area contributed by atoms with Crippen LogP contribution >= 0.6 is 24.0 Å². The third-order valence-corrected chi connectivity index (χ3v) is 3.96. The molecule has 2 heterocycles. The van der Waals surface area contributed by atoms with Gasteiger partial charge in [-0.15, -0.1) is 24.0 Å². The van der Waals surface area contributed by atoms with Gasteiger partial charge >= 0.3 is 0 Å². The fourth-order valence-electron chi connectivity index (χ4n) is 2.63. The average Bonchev–Trinajstić information content (AvgIpc) is 3.21. The van der Waals surface area contributed by atoms with Crippen molar-refractivity contribution in [1.82, 2.24) is 25.2 Å². The molecule has 6 nitrogen and oxygen atoms in total. The Bertz CT molecular complexity index is 868. The van der Waals surface area contributed by atoms with Crippen LogP contribution in [0.2, 0.25) is 0 Å². The zero-order chi connectivity index (χ0) is 18.9. The Hall–Kier alpha value is -2.49. The summed E-state index contributed by atoms with van der Waals surface area (Å²) in [5.74, 6) is 0.404. The maximum absolute atomic E-state index is 14.3. The van der Waals surface area contributed by atoms with E-state index in [-0.39, 0.29) is 29.8 Å². The Balaban J connectivity index is 0.00000280. The van der Waals surface area contributed by atoms with Crippen LogP contribution in [0.4, 0.5) is 4.39 Å². The Morgan fingerprint density at radius 2 is 2.07 bits per heavy atom. The molecule has 0 saturated heterocycles. The Morgan fingerprint density at radius 1 is 1.18 bits per heavy atom. The average molecular weight is 494 g/mol. The summed E-state index contributed by atoms with van der Waals surface area (Å²) in [7, 11) is 0. The molecule has 2 N–H and O–H groups in total. The van der Waals surface area contributed by atoms with Crippen molar-refractivity contribution >= 4 is 29.9 Å². The van der Waals surface area contributed by atoms with E-state index in [4.69, 9.17) is 0 Å². The van der Waals surface area contributed by atoms with E-state index in [1.165, 1.54) is 6.07 Å². The van der Waals surface area contributed by atoms with Crippen LogP contribution in [0.15, 0.2) is 66.3 Å². The summed E-state index contributed by atoms with van der Waals surface area (Å²) in [5, 5.41) is 6.48. The first-order valence-electron chi connectivity index (χ1n) is 8.95. The first-order chi connectivity index (χ1) is 13.3. The first kappa shape index (κ1) is 21.8. The molecule has 0 fully saturated rings. The van der Waals surface area contributed by atoms with Crippen LogP contribution in [0.25, 0.3) is 5.69 Å². The second-order valence-corrected chi connectivity index (χ2v) is 5.95. The third-order valence-electron chi connectivity index (χ3n) is 3.96. The molecule has 0 radical (unpaired) electrons. The number of hydrogen-bond acceptors (Lipinski definition) is 3. The molecule has 0 aliphatic rings. The fraction of sp³-hybridized carbons (Fsp3) is 0.250. The summed E-state index contributed by atoms with van der Waals surface area (Å²) in [6.07, 6.45) is 7.50. The molecule has 8 heteroatoms. The van der Waals surface area contributed by atoms with E-state index in [9.17, 15) is 4.39 Å². The van der Waals surface area contributed by atoms with Gasteiger partial charge in [0.2, 0.25) is 0 Å². The van der Waals surface area contributed by atoms with E-state index in [1.807, 2.05) is 31.2 Å². The summed E-state index contributed by atoms with van der Waals surface area (Å²) in [6.45, 7) is 3.87. The Labute approximate surface area is 181 Å². The van der Waals surface area contributed by atoms with Gasteiger partial charge in [-0.05, 0) is 36.8 Å². The predicted molar refractivity (Wildman–Crippen MR) is 120 cm³/mol. The van der Waals surface area contributed by atoms with E-state index < -0.39 is 0 Å². The van der Waals surface area contributed by atoms with E-state index in [2.05, 4.69) is 25.6 Å². The molecule has 0 aliphatic heterocycles. The fourth-order valence-corrected chi connectivity index (χ4v) is 2.63. The van der Waals surface area contributed by atoms with Crippen molar-refractivity contribution < 1.29 is 4.39 Å². The molecule has 0 aliphatic carbocycles. The van der Waals surface area contributed by atoms with Crippen LogP contribution < -0.4 is 10.6 Å². The van der Waals surface area contributed by atoms with Gasteiger partial charge in [-0.2, -0.15) is 0 Å². The number of rotatable bonds is 7. The summed E-state index contributed by atoms with van der Waals surface area (Å²) < 4.78 is 16.0. The molecule has 0 saturated carbocycles. The van der Waals surface area contributed by atoms with Gasteiger partial charge in [0.25, 0.3) is 0 Å². The number of guanidine groups is 1. The molecule has 0 bridgehead atoms. The Kier molecular flexibility index (Phi) is 8.86. The van der Waals surface area contributed by atoms with E-state index in [0.717, 1.165) is 30.8 Å². The highest BCUT2D eigenvalue weighted by atomic mass is 127. The standard InChI is InChI=1S/C20H23FN6.HI/c1-2-23-20(25-10-8-17-5-3-4-9-24-17)26-14-16-6-7-19(18(21)13-16)27-12-11-22-15-27;/h3-7,9,11-13,15H,2,8,10,14H2,1H3,(H2,23,25,26);1H. The van der Waals surface area contributed by atoms with Gasteiger partial charge in [0.15, 0.2) is 5.96 Å². The minimum Gasteiger partial charge on any atom is -0.357 e. The maximum atomic E-state index is 14.3. The number of benzene rings is 1. The summed E-state index contributed by atoms with van der Waals surface area (Å²) in [4.78, 5) is 12.8. The molecule has 0 atom stereocenters. The number of nitrogens with one attached hydrogen (secondary N) is 2. The van der Waals surface area contributed by atoms with Gasteiger partial charge in [0.1, 0.15) is 5.82 Å². The normalized spacial score (nSPS) is 11.0. The number of aliphatic imine (C=N–C) groups is 1. The first-order valence-corrected chi connectivity index (χ1v) is 8.95. The zero-order valence-corrected chi connectivity index (χ0v) is 18.0.